The van der Waals surface area contributed by atoms with E-state index in [1.807, 2.05) is 19.1 Å². The Kier molecular flexibility index (Phi) is 6.64. The Bertz CT molecular complexity index is 1390. The second-order valence-corrected chi connectivity index (χ2v) is 8.11. The Hall–Kier alpha value is -4.79. The molecule has 3 aromatic carbocycles. The minimum atomic E-state index is -1.00. The van der Waals surface area contributed by atoms with Gasteiger partial charge in [0.15, 0.2) is 0 Å². The van der Waals surface area contributed by atoms with Gasteiger partial charge in [-0.3, -0.25) is 24.6 Å². The van der Waals surface area contributed by atoms with Gasteiger partial charge in [0.25, 0.3) is 17.4 Å². The Morgan fingerprint density at radius 1 is 1.03 bits per heavy atom. The monoisotopic (exact) mass is 486 g/mol. The number of aliphatic hydroxyl groups is 1. The molecule has 1 atom stereocenters. The molecule has 1 saturated heterocycles. The van der Waals surface area contributed by atoms with Gasteiger partial charge in [-0.1, -0.05) is 37.3 Å². The molecule has 1 aliphatic rings. The number of ketones is 1. The number of nitrogens with zero attached hydrogens (tertiary/aromatic N) is 2. The number of carbonyl (C=O) groups is 3. The van der Waals surface area contributed by atoms with Crippen LogP contribution in [0, 0.1) is 10.1 Å². The van der Waals surface area contributed by atoms with Gasteiger partial charge in [-0.15, -0.1) is 0 Å². The maximum absolute atomic E-state index is 13.3. The van der Waals surface area contributed by atoms with Crippen molar-refractivity contribution in [3.8, 4) is 0 Å². The number of non-ortho nitro benzene ring substituents is 1. The largest absolute Gasteiger partial charge is 0.507 e. The number of nitro groups is 1. The van der Waals surface area contributed by atoms with Crippen molar-refractivity contribution in [1.29, 1.82) is 0 Å². The minimum absolute atomic E-state index is 0.150. The summed E-state index contributed by atoms with van der Waals surface area (Å²) in [6, 6.07) is 17.4. The van der Waals surface area contributed by atoms with Crippen LogP contribution in [-0.4, -0.2) is 34.8 Å². The molecule has 0 aliphatic carbocycles. The first kappa shape index (κ1) is 24.3. The third kappa shape index (κ3) is 4.34. The van der Waals surface area contributed by atoms with Crippen molar-refractivity contribution < 1.29 is 29.2 Å². The van der Waals surface area contributed by atoms with Gasteiger partial charge in [0.1, 0.15) is 5.76 Å². The van der Waals surface area contributed by atoms with Gasteiger partial charge in [-0.25, -0.2) is 4.79 Å². The summed E-state index contributed by atoms with van der Waals surface area (Å²) >= 11 is 0. The van der Waals surface area contributed by atoms with Gasteiger partial charge in [-0.2, -0.15) is 0 Å². The molecule has 1 amide bonds. The Balaban J connectivity index is 1.91. The van der Waals surface area contributed by atoms with Gasteiger partial charge in [-0.05, 0) is 47.9 Å². The smallest absolute Gasteiger partial charge is 0.337 e. The van der Waals surface area contributed by atoms with Crippen LogP contribution in [0.25, 0.3) is 5.76 Å². The highest BCUT2D eigenvalue weighted by Gasteiger charge is 2.47. The zero-order chi connectivity index (χ0) is 26.0. The molecule has 0 spiro atoms. The number of benzene rings is 3. The lowest BCUT2D eigenvalue weighted by Gasteiger charge is -2.26. The van der Waals surface area contributed by atoms with Crippen LogP contribution in [0.3, 0.4) is 0 Å². The van der Waals surface area contributed by atoms with Crippen LogP contribution in [-0.2, 0) is 20.7 Å². The zero-order valence-electron chi connectivity index (χ0n) is 19.5. The highest BCUT2D eigenvalue weighted by atomic mass is 16.6. The number of hydrogen-bond donors (Lipinski definition) is 1. The lowest BCUT2D eigenvalue weighted by molar-refractivity contribution is -0.384. The Labute approximate surface area is 206 Å². The van der Waals surface area contributed by atoms with Crippen LogP contribution in [0.4, 0.5) is 11.4 Å². The van der Waals surface area contributed by atoms with E-state index in [1.54, 1.807) is 24.3 Å². The van der Waals surface area contributed by atoms with Gasteiger partial charge >= 0.3 is 5.97 Å². The van der Waals surface area contributed by atoms with E-state index < -0.39 is 34.4 Å². The lowest BCUT2D eigenvalue weighted by atomic mass is 9.94. The molecule has 0 saturated carbocycles. The number of aryl methyl sites for hydroxylation is 1. The maximum Gasteiger partial charge on any atom is 0.337 e. The first-order valence-corrected chi connectivity index (χ1v) is 11.1. The van der Waals surface area contributed by atoms with E-state index in [1.165, 1.54) is 48.4 Å². The number of esters is 1. The minimum Gasteiger partial charge on any atom is -0.507 e. The number of carbonyl (C=O) groups excluding carboxylic acids is 3. The number of Topliss-reactive ketones (excluding diaryl/α,β-unsaturated/α-hetero) is 1. The molecule has 0 bridgehead atoms. The lowest BCUT2D eigenvalue weighted by Crippen LogP contribution is -2.29. The van der Waals surface area contributed by atoms with E-state index in [9.17, 15) is 29.6 Å². The summed E-state index contributed by atoms with van der Waals surface area (Å²) in [5.41, 5.74) is 1.87. The van der Waals surface area contributed by atoms with Crippen molar-refractivity contribution in [2.24, 2.45) is 0 Å². The molecule has 1 aliphatic heterocycles. The van der Waals surface area contributed by atoms with Gasteiger partial charge in [0.05, 0.1) is 29.2 Å². The average Bonchev–Trinajstić information content (AvgIpc) is 3.18. The van der Waals surface area contributed by atoms with Crippen molar-refractivity contribution >= 4 is 34.8 Å². The molecule has 9 nitrogen and oxygen atoms in total. The number of ether oxygens (including phenoxy) is 1. The van der Waals surface area contributed by atoms with Crippen molar-refractivity contribution in [3.63, 3.8) is 0 Å². The van der Waals surface area contributed by atoms with Crippen LogP contribution >= 0.6 is 0 Å². The molecule has 0 radical (unpaired) electrons. The fourth-order valence-corrected chi connectivity index (χ4v) is 4.15. The summed E-state index contributed by atoms with van der Waals surface area (Å²) in [5.74, 6) is -2.87. The first-order valence-electron chi connectivity index (χ1n) is 11.1. The molecule has 1 unspecified atom stereocenters. The molecule has 36 heavy (non-hydrogen) atoms. The summed E-state index contributed by atoms with van der Waals surface area (Å²) in [6.07, 6.45) is 0.782. The van der Waals surface area contributed by atoms with Crippen LogP contribution < -0.4 is 4.90 Å². The number of aliphatic hydroxyl groups excluding tert-OH is 1. The average molecular weight is 486 g/mol. The molecule has 4 rings (SSSR count). The Morgan fingerprint density at radius 3 is 2.28 bits per heavy atom. The molecule has 9 heteroatoms. The molecule has 1 heterocycles. The molecular weight excluding hydrogens is 464 g/mol. The van der Waals surface area contributed by atoms with E-state index in [4.69, 9.17) is 4.74 Å². The van der Waals surface area contributed by atoms with Gasteiger partial charge in [0, 0.05) is 23.4 Å². The number of amides is 1. The van der Waals surface area contributed by atoms with Crippen LogP contribution in [0.5, 0.6) is 0 Å². The molecule has 1 fully saturated rings. The summed E-state index contributed by atoms with van der Waals surface area (Å²) in [7, 11) is 1.24. The van der Waals surface area contributed by atoms with Crippen LogP contribution in [0.15, 0.2) is 78.4 Å². The van der Waals surface area contributed by atoms with Crippen molar-refractivity contribution in [2.45, 2.75) is 19.4 Å². The predicted molar refractivity (Wildman–Crippen MR) is 131 cm³/mol. The SMILES string of the molecule is CCc1ccc(C2/C(=C(\O)c3ccc([N+](=O)[O-])cc3)C(=O)C(=O)N2c2cccc(C(=O)OC)c2)cc1. The normalized spacial score (nSPS) is 16.7. The molecule has 1 N–H and O–H groups in total. The highest BCUT2D eigenvalue weighted by molar-refractivity contribution is 6.51. The summed E-state index contributed by atoms with van der Waals surface area (Å²) in [6.45, 7) is 1.99. The van der Waals surface area contributed by atoms with E-state index in [0.29, 0.717) is 5.56 Å². The number of nitro benzene ring substituents is 1. The molecule has 182 valence electrons. The fourth-order valence-electron chi connectivity index (χ4n) is 4.15. The molecular formula is C27H22N2O7. The van der Waals surface area contributed by atoms with E-state index in [0.717, 1.165) is 12.0 Å². The van der Waals surface area contributed by atoms with E-state index in [-0.39, 0.29) is 28.1 Å². The number of methoxy groups -OCH3 is 1. The number of anilines is 1. The highest BCUT2D eigenvalue weighted by Crippen LogP contribution is 2.42. The summed E-state index contributed by atoms with van der Waals surface area (Å²) in [4.78, 5) is 50.3. The third-order valence-electron chi connectivity index (χ3n) is 6.05. The fraction of sp³-hybridized carbons (Fsp3) is 0.148. The zero-order valence-corrected chi connectivity index (χ0v) is 19.5. The quantitative estimate of drug-likeness (QED) is 0.135. The van der Waals surface area contributed by atoms with Crippen LogP contribution in [0.2, 0.25) is 0 Å². The van der Waals surface area contributed by atoms with Crippen LogP contribution in [0.1, 0.15) is 40.0 Å². The van der Waals surface area contributed by atoms with Gasteiger partial charge in [0.2, 0.25) is 0 Å². The standard InChI is InChI=1S/C27H22N2O7/c1-3-16-7-9-17(10-8-16)23-22(24(30)18-11-13-20(14-12-18)29(34)35)25(31)26(32)28(23)21-6-4-5-19(15-21)27(33)36-2/h4-15,23,30H,3H2,1-2H3/b24-22+. The summed E-state index contributed by atoms with van der Waals surface area (Å²) < 4.78 is 4.78. The second-order valence-electron chi connectivity index (χ2n) is 8.11. The topological polar surface area (TPSA) is 127 Å². The van der Waals surface area contributed by atoms with Crippen molar-refractivity contribution in [3.05, 3.63) is 111 Å². The molecule has 3 aromatic rings. The van der Waals surface area contributed by atoms with Crippen molar-refractivity contribution in [2.75, 3.05) is 12.0 Å². The van der Waals surface area contributed by atoms with E-state index in [2.05, 4.69) is 0 Å². The third-order valence-corrected chi connectivity index (χ3v) is 6.05. The van der Waals surface area contributed by atoms with E-state index >= 15 is 0 Å². The van der Waals surface area contributed by atoms with Gasteiger partial charge < -0.3 is 9.84 Å². The molecule has 0 aromatic heterocycles. The maximum atomic E-state index is 13.3. The number of rotatable bonds is 6. The summed E-state index contributed by atoms with van der Waals surface area (Å²) in [5, 5.41) is 22.2. The predicted octanol–water partition coefficient (Wildman–Crippen LogP) is 4.57. The second kappa shape index (κ2) is 9.83. The first-order chi connectivity index (χ1) is 17.3. The number of hydrogen-bond acceptors (Lipinski definition) is 7. The van der Waals surface area contributed by atoms with Crippen molar-refractivity contribution in [1.82, 2.24) is 0 Å². The Morgan fingerprint density at radius 2 is 1.69 bits per heavy atom.